The molecule has 0 bridgehead atoms. The maximum Gasteiger partial charge on any atom is 0.348 e. The van der Waals surface area contributed by atoms with Crippen molar-refractivity contribution in [3.05, 3.63) is 53.1 Å². The standard InChI is InChI=1S/C22H26N2O6S/c1-14-10-15(2)21(16(3)11-14)31(27,28)23(4)13-20(25)24-12-19(22(26)29-5)30-18-9-7-6-8-17(18)24/h6-11,19H,12-13H2,1-5H3. The van der Waals surface area contributed by atoms with Gasteiger partial charge in [-0.05, 0) is 44.0 Å². The first-order chi connectivity index (χ1) is 14.6. The van der Waals surface area contributed by atoms with Crippen LogP contribution in [0.2, 0.25) is 0 Å². The number of hydrogen-bond acceptors (Lipinski definition) is 6. The molecule has 0 spiro atoms. The van der Waals surface area contributed by atoms with Crippen LogP contribution in [0.15, 0.2) is 41.3 Å². The highest BCUT2D eigenvalue weighted by Gasteiger charge is 2.36. The SMILES string of the molecule is COC(=O)C1CN(C(=O)CN(C)S(=O)(=O)c2c(C)cc(C)cc2C)c2ccccc2O1. The minimum Gasteiger partial charge on any atom is -0.475 e. The van der Waals surface area contributed by atoms with Crippen LogP contribution in [0.4, 0.5) is 5.69 Å². The number of hydrogen-bond donors (Lipinski definition) is 0. The van der Waals surface area contributed by atoms with Crippen LogP contribution in [0.1, 0.15) is 16.7 Å². The van der Waals surface area contributed by atoms with Gasteiger partial charge in [0.2, 0.25) is 22.0 Å². The van der Waals surface area contributed by atoms with Crippen molar-refractivity contribution in [2.75, 3.05) is 32.1 Å². The fourth-order valence-corrected chi connectivity index (χ4v) is 5.34. The van der Waals surface area contributed by atoms with Gasteiger partial charge in [0, 0.05) is 7.05 Å². The number of nitrogens with zero attached hydrogens (tertiary/aromatic N) is 2. The van der Waals surface area contributed by atoms with Crippen LogP contribution in [0.5, 0.6) is 5.75 Å². The predicted octanol–water partition coefficient (Wildman–Crippen LogP) is 2.20. The highest BCUT2D eigenvalue weighted by atomic mass is 32.2. The van der Waals surface area contributed by atoms with E-state index in [2.05, 4.69) is 0 Å². The number of methoxy groups -OCH3 is 1. The molecule has 0 radical (unpaired) electrons. The van der Waals surface area contributed by atoms with Crippen molar-refractivity contribution >= 4 is 27.6 Å². The lowest BCUT2D eigenvalue weighted by molar-refractivity contribution is -0.148. The van der Waals surface area contributed by atoms with Gasteiger partial charge < -0.3 is 14.4 Å². The molecule has 3 rings (SSSR count). The van der Waals surface area contributed by atoms with E-state index in [-0.39, 0.29) is 11.4 Å². The van der Waals surface area contributed by atoms with Crippen LogP contribution in [0.25, 0.3) is 0 Å². The third-order valence-corrected chi connectivity index (χ3v) is 7.28. The summed E-state index contributed by atoms with van der Waals surface area (Å²) < 4.78 is 37.9. The van der Waals surface area contributed by atoms with Crippen molar-refractivity contribution in [3.63, 3.8) is 0 Å². The van der Waals surface area contributed by atoms with E-state index in [9.17, 15) is 18.0 Å². The number of rotatable bonds is 5. The molecule has 0 saturated carbocycles. The van der Waals surface area contributed by atoms with Crippen LogP contribution in [-0.4, -0.2) is 58.0 Å². The lowest BCUT2D eigenvalue weighted by Gasteiger charge is -2.34. The number of ether oxygens (including phenoxy) is 2. The average Bonchev–Trinajstić information content (AvgIpc) is 2.71. The smallest absolute Gasteiger partial charge is 0.348 e. The summed E-state index contributed by atoms with van der Waals surface area (Å²) in [6.07, 6.45) is -0.993. The van der Waals surface area contributed by atoms with Crippen LogP contribution in [-0.2, 0) is 24.3 Å². The highest BCUT2D eigenvalue weighted by molar-refractivity contribution is 7.89. The number of anilines is 1. The Kier molecular flexibility index (Phi) is 6.38. The van der Waals surface area contributed by atoms with Gasteiger partial charge in [-0.15, -0.1) is 0 Å². The third-order valence-electron chi connectivity index (χ3n) is 5.17. The summed E-state index contributed by atoms with van der Waals surface area (Å²) in [5, 5.41) is 0. The molecule has 1 aliphatic rings. The normalized spacial score (nSPS) is 15.9. The Hall–Kier alpha value is -2.91. The first-order valence-corrected chi connectivity index (χ1v) is 11.2. The van der Waals surface area contributed by atoms with E-state index in [1.165, 1.54) is 19.1 Å². The van der Waals surface area contributed by atoms with Gasteiger partial charge in [-0.2, -0.15) is 4.31 Å². The Morgan fingerprint density at radius 1 is 1.16 bits per heavy atom. The summed E-state index contributed by atoms with van der Waals surface area (Å²) >= 11 is 0. The zero-order chi connectivity index (χ0) is 22.9. The van der Waals surface area contributed by atoms with Gasteiger partial charge in [0.1, 0.15) is 5.75 Å². The van der Waals surface area contributed by atoms with Crippen molar-refractivity contribution in [2.45, 2.75) is 31.8 Å². The molecule has 1 unspecified atom stereocenters. The molecule has 0 aliphatic carbocycles. The number of para-hydroxylation sites is 2. The van der Waals surface area contributed by atoms with Gasteiger partial charge >= 0.3 is 5.97 Å². The van der Waals surface area contributed by atoms with Crippen LogP contribution in [0, 0.1) is 20.8 Å². The van der Waals surface area contributed by atoms with E-state index in [1.807, 2.05) is 6.92 Å². The van der Waals surface area contributed by atoms with Crippen molar-refractivity contribution < 1.29 is 27.5 Å². The van der Waals surface area contributed by atoms with E-state index in [1.54, 1.807) is 50.2 Å². The number of esters is 1. The van der Waals surface area contributed by atoms with E-state index in [0.29, 0.717) is 22.6 Å². The molecule has 0 N–H and O–H groups in total. The number of carbonyl (C=O) groups is 2. The Bertz CT molecular complexity index is 1110. The summed E-state index contributed by atoms with van der Waals surface area (Å²) in [7, 11) is -1.29. The number of benzene rings is 2. The zero-order valence-electron chi connectivity index (χ0n) is 18.2. The Morgan fingerprint density at radius 3 is 2.39 bits per heavy atom. The second-order valence-corrected chi connectivity index (χ2v) is 9.57. The van der Waals surface area contributed by atoms with Crippen molar-refractivity contribution in [3.8, 4) is 5.75 Å². The van der Waals surface area contributed by atoms with Crippen LogP contribution in [0.3, 0.4) is 0 Å². The summed E-state index contributed by atoms with van der Waals surface area (Å²) in [5.74, 6) is -0.731. The Morgan fingerprint density at radius 2 is 1.77 bits per heavy atom. The minimum atomic E-state index is -3.90. The molecule has 0 fully saturated rings. The largest absolute Gasteiger partial charge is 0.475 e. The highest BCUT2D eigenvalue weighted by Crippen LogP contribution is 2.34. The molecule has 31 heavy (non-hydrogen) atoms. The molecule has 1 aliphatic heterocycles. The van der Waals surface area contributed by atoms with Crippen LogP contribution < -0.4 is 9.64 Å². The molecule has 8 nitrogen and oxygen atoms in total. The lowest BCUT2D eigenvalue weighted by atomic mass is 10.1. The molecule has 1 heterocycles. The molecule has 166 valence electrons. The zero-order valence-corrected chi connectivity index (χ0v) is 19.0. The minimum absolute atomic E-state index is 0.0704. The van der Waals surface area contributed by atoms with Gasteiger partial charge in [-0.25, -0.2) is 13.2 Å². The van der Waals surface area contributed by atoms with Gasteiger partial charge in [0.05, 0.1) is 30.8 Å². The van der Waals surface area contributed by atoms with Gasteiger partial charge in [0.15, 0.2) is 0 Å². The molecule has 0 saturated heterocycles. The number of sulfonamides is 1. The molecule has 2 aromatic rings. The average molecular weight is 447 g/mol. The van der Waals surface area contributed by atoms with E-state index >= 15 is 0 Å². The summed E-state index contributed by atoms with van der Waals surface area (Å²) in [6, 6.07) is 10.4. The van der Waals surface area contributed by atoms with E-state index in [4.69, 9.17) is 9.47 Å². The van der Waals surface area contributed by atoms with Crippen molar-refractivity contribution in [1.82, 2.24) is 4.31 Å². The number of amides is 1. The molecule has 1 amide bonds. The molecular formula is C22H26N2O6S. The second kappa shape index (κ2) is 8.68. The second-order valence-electron chi connectivity index (χ2n) is 7.59. The number of fused-ring (bicyclic) bond motifs is 1. The first-order valence-electron chi connectivity index (χ1n) is 9.74. The number of likely N-dealkylation sites (N-methyl/N-ethyl adjacent to an activating group) is 1. The fraction of sp³-hybridized carbons (Fsp3) is 0.364. The lowest BCUT2D eigenvalue weighted by Crippen LogP contribution is -2.50. The molecule has 0 aromatic heterocycles. The molecular weight excluding hydrogens is 420 g/mol. The quantitative estimate of drug-likeness (QED) is 0.654. The van der Waals surface area contributed by atoms with E-state index < -0.39 is 34.5 Å². The maximum atomic E-state index is 13.2. The third kappa shape index (κ3) is 4.42. The molecule has 2 aromatic carbocycles. The maximum absolute atomic E-state index is 13.2. The van der Waals surface area contributed by atoms with E-state index in [0.717, 1.165) is 9.87 Å². The topological polar surface area (TPSA) is 93.2 Å². The first kappa shape index (κ1) is 22.8. The number of carbonyl (C=O) groups excluding carboxylic acids is 2. The number of aryl methyl sites for hydroxylation is 3. The van der Waals surface area contributed by atoms with Crippen molar-refractivity contribution in [1.29, 1.82) is 0 Å². The van der Waals surface area contributed by atoms with Crippen molar-refractivity contribution in [2.24, 2.45) is 0 Å². The predicted molar refractivity (Wildman–Crippen MR) is 116 cm³/mol. The summed E-state index contributed by atoms with van der Waals surface area (Å²) in [5.41, 5.74) is 2.69. The van der Waals surface area contributed by atoms with Gasteiger partial charge in [-0.1, -0.05) is 29.8 Å². The molecule has 9 heteroatoms. The summed E-state index contributed by atoms with van der Waals surface area (Å²) in [6.45, 7) is 4.91. The van der Waals surface area contributed by atoms with Crippen LogP contribution >= 0.6 is 0 Å². The molecule has 1 atom stereocenters. The monoisotopic (exact) mass is 446 g/mol. The van der Waals surface area contributed by atoms with Gasteiger partial charge in [-0.3, -0.25) is 4.79 Å². The Balaban J connectivity index is 1.89. The Labute approximate surface area is 182 Å². The fourth-order valence-electron chi connectivity index (χ4n) is 3.82. The van der Waals surface area contributed by atoms with Gasteiger partial charge in [0.25, 0.3) is 0 Å². The summed E-state index contributed by atoms with van der Waals surface area (Å²) in [4.78, 5) is 26.7.